The van der Waals surface area contributed by atoms with Crippen LogP contribution in [0.4, 0.5) is 13.2 Å². The maximum absolute atomic E-state index is 12.5. The predicted molar refractivity (Wildman–Crippen MR) is 82.4 cm³/mol. The number of rotatable bonds is 4. The third-order valence-corrected chi connectivity index (χ3v) is 4.28. The van der Waals surface area contributed by atoms with Crippen molar-refractivity contribution in [2.45, 2.75) is 37.9 Å². The highest BCUT2D eigenvalue weighted by Crippen LogP contribution is 2.30. The first-order chi connectivity index (χ1) is 11.4. The second-order valence-electron chi connectivity index (χ2n) is 5.99. The van der Waals surface area contributed by atoms with Crippen molar-refractivity contribution in [1.82, 2.24) is 15.1 Å². The van der Waals surface area contributed by atoms with E-state index < -0.39 is 11.9 Å². The molecule has 128 valence electrons. The molecular weight excluding hydrogens is 319 g/mol. The number of hydrogen-bond acceptors (Lipinski definition) is 2. The number of hydrogen-bond donors (Lipinski definition) is 1. The summed E-state index contributed by atoms with van der Waals surface area (Å²) in [6.45, 7) is 0.272. The normalized spacial score (nSPS) is 17.4. The van der Waals surface area contributed by atoms with Gasteiger partial charge in [0.05, 0.1) is 0 Å². The van der Waals surface area contributed by atoms with Crippen molar-refractivity contribution >= 4 is 5.91 Å². The highest BCUT2D eigenvalue weighted by atomic mass is 19.4. The molecule has 1 heterocycles. The van der Waals surface area contributed by atoms with E-state index in [1.807, 2.05) is 12.1 Å². The summed E-state index contributed by atoms with van der Waals surface area (Å²) < 4.78 is 38.5. The van der Waals surface area contributed by atoms with Crippen LogP contribution in [-0.2, 0) is 23.9 Å². The molecule has 0 spiro atoms. The summed E-state index contributed by atoms with van der Waals surface area (Å²) in [5, 5.41) is 6.19. The lowest BCUT2D eigenvalue weighted by molar-refractivity contribution is -0.141. The van der Waals surface area contributed by atoms with Crippen LogP contribution in [0, 0.1) is 0 Å². The zero-order valence-corrected chi connectivity index (χ0v) is 13.0. The molecule has 1 aliphatic carbocycles. The van der Waals surface area contributed by atoms with Crippen LogP contribution in [0.2, 0.25) is 0 Å². The zero-order chi connectivity index (χ0) is 17.2. The van der Waals surface area contributed by atoms with Crippen LogP contribution in [0.1, 0.15) is 35.6 Å². The maximum atomic E-state index is 12.5. The smallest absolute Gasteiger partial charge is 0.354 e. The first-order valence-electron chi connectivity index (χ1n) is 7.88. The van der Waals surface area contributed by atoms with Crippen LogP contribution in [0.25, 0.3) is 0 Å². The molecule has 0 saturated carbocycles. The van der Waals surface area contributed by atoms with Gasteiger partial charge in [0.2, 0.25) is 5.91 Å². The Balaban J connectivity index is 1.56. The van der Waals surface area contributed by atoms with Crippen LogP contribution in [0.15, 0.2) is 36.5 Å². The van der Waals surface area contributed by atoms with Crippen LogP contribution >= 0.6 is 0 Å². The SMILES string of the molecule is O=C(Cn1ccc(C(F)(F)F)n1)NCC1CCCc2ccccc21. The minimum absolute atomic E-state index is 0.218. The number of fused-ring (bicyclic) bond motifs is 1. The van der Waals surface area contributed by atoms with Gasteiger partial charge in [-0.2, -0.15) is 18.3 Å². The standard InChI is InChI=1S/C17H18F3N3O/c18-17(19,20)15-8-9-23(22-15)11-16(24)21-10-13-6-3-5-12-4-1-2-7-14(12)13/h1-2,4,7-9,13H,3,5-6,10-11H2,(H,21,24). The number of carbonyl (C=O) groups excluding carboxylic acids is 1. The van der Waals surface area contributed by atoms with E-state index in [0.717, 1.165) is 36.2 Å². The van der Waals surface area contributed by atoms with E-state index >= 15 is 0 Å². The molecule has 0 aliphatic heterocycles. The highest BCUT2D eigenvalue weighted by Gasteiger charge is 2.33. The minimum Gasteiger partial charge on any atom is -0.354 e. The van der Waals surface area contributed by atoms with Gasteiger partial charge in [-0.3, -0.25) is 9.48 Å². The molecule has 1 unspecified atom stereocenters. The van der Waals surface area contributed by atoms with E-state index in [9.17, 15) is 18.0 Å². The molecule has 0 saturated heterocycles. The van der Waals surface area contributed by atoms with Crippen LogP contribution in [-0.4, -0.2) is 22.2 Å². The van der Waals surface area contributed by atoms with E-state index in [0.29, 0.717) is 6.54 Å². The highest BCUT2D eigenvalue weighted by molar-refractivity contribution is 5.75. The summed E-state index contributed by atoms with van der Waals surface area (Å²) in [6.07, 6.45) is -0.205. The van der Waals surface area contributed by atoms with Crippen molar-refractivity contribution in [3.63, 3.8) is 0 Å². The number of nitrogens with one attached hydrogen (secondary N) is 1. The summed E-state index contributed by atoms with van der Waals surface area (Å²) in [4.78, 5) is 12.0. The Morgan fingerprint density at radius 1 is 1.29 bits per heavy atom. The molecule has 0 bridgehead atoms. The fraction of sp³-hybridized carbons (Fsp3) is 0.412. The van der Waals surface area contributed by atoms with Gasteiger partial charge in [-0.25, -0.2) is 0 Å². The van der Waals surface area contributed by atoms with Crippen molar-refractivity contribution < 1.29 is 18.0 Å². The van der Waals surface area contributed by atoms with Gasteiger partial charge in [0, 0.05) is 18.7 Å². The quantitative estimate of drug-likeness (QED) is 0.932. The Morgan fingerprint density at radius 2 is 2.08 bits per heavy atom. The largest absolute Gasteiger partial charge is 0.435 e. The Hall–Kier alpha value is -2.31. The number of halogens is 3. The first kappa shape index (κ1) is 16.5. The zero-order valence-electron chi connectivity index (χ0n) is 13.0. The molecular formula is C17H18F3N3O. The fourth-order valence-electron chi connectivity index (χ4n) is 3.11. The van der Waals surface area contributed by atoms with Crippen molar-refractivity contribution in [3.05, 3.63) is 53.3 Å². The van der Waals surface area contributed by atoms with Crippen molar-refractivity contribution in [1.29, 1.82) is 0 Å². The third-order valence-electron chi connectivity index (χ3n) is 4.28. The van der Waals surface area contributed by atoms with Gasteiger partial charge in [0.25, 0.3) is 0 Å². The van der Waals surface area contributed by atoms with Crippen molar-refractivity contribution in [3.8, 4) is 0 Å². The van der Waals surface area contributed by atoms with E-state index in [1.54, 1.807) is 0 Å². The monoisotopic (exact) mass is 337 g/mol. The molecule has 1 aromatic carbocycles. The number of alkyl halides is 3. The number of carbonyl (C=O) groups is 1. The Morgan fingerprint density at radius 3 is 2.83 bits per heavy atom. The molecule has 1 aromatic heterocycles. The summed E-state index contributed by atoms with van der Waals surface area (Å²) in [6, 6.07) is 9.04. The molecule has 1 amide bonds. The summed E-state index contributed by atoms with van der Waals surface area (Å²) in [5.41, 5.74) is 1.57. The molecule has 7 heteroatoms. The summed E-state index contributed by atoms with van der Waals surface area (Å²) in [5.74, 6) is -0.0860. The van der Waals surface area contributed by atoms with E-state index in [2.05, 4.69) is 22.5 Å². The van der Waals surface area contributed by atoms with Gasteiger partial charge >= 0.3 is 6.18 Å². The van der Waals surface area contributed by atoms with Gasteiger partial charge in [0.15, 0.2) is 5.69 Å². The molecule has 3 rings (SSSR count). The van der Waals surface area contributed by atoms with E-state index in [-0.39, 0.29) is 18.4 Å². The van der Waals surface area contributed by atoms with Crippen molar-refractivity contribution in [2.24, 2.45) is 0 Å². The lowest BCUT2D eigenvalue weighted by Gasteiger charge is -2.25. The summed E-state index contributed by atoms with van der Waals surface area (Å²) in [7, 11) is 0. The number of aryl methyl sites for hydroxylation is 1. The average Bonchev–Trinajstić information content (AvgIpc) is 3.01. The fourth-order valence-corrected chi connectivity index (χ4v) is 3.11. The van der Waals surface area contributed by atoms with Gasteiger partial charge in [-0.1, -0.05) is 24.3 Å². The molecule has 1 atom stereocenters. The van der Waals surface area contributed by atoms with Crippen LogP contribution in [0.5, 0.6) is 0 Å². The predicted octanol–water partition coefficient (Wildman–Crippen LogP) is 3.14. The lowest BCUT2D eigenvalue weighted by atomic mass is 9.83. The Bertz CT molecular complexity index is 724. The second kappa shape index (κ2) is 6.67. The molecule has 1 aliphatic rings. The van der Waals surface area contributed by atoms with Gasteiger partial charge in [0.1, 0.15) is 6.54 Å². The summed E-state index contributed by atoms with van der Waals surface area (Å²) >= 11 is 0. The Labute approximate surface area is 137 Å². The van der Waals surface area contributed by atoms with E-state index in [4.69, 9.17) is 0 Å². The van der Waals surface area contributed by atoms with Crippen LogP contribution in [0.3, 0.4) is 0 Å². The Kier molecular flexibility index (Phi) is 4.59. The number of nitrogens with zero attached hydrogens (tertiary/aromatic N) is 2. The molecule has 0 radical (unpaired) electrons. The first-order valence-corrected chi connectivity index (χ1v) is 7.88. The minimum atomic E-state index is -4.49. The molecule has 0 fully saturated rings. The topological polar surface area (TPSA) is 46.9 Å². The molecule has 24 heavy (non-hydrogen) atoms. The number of benzene rings is 1. The molecule has 1 N–H and O–H groups in total. The van der Waals surface area contributed by atoms with Gasteiger partial charge in [-0.05, 0) is 36.5 Å². The molecule has 4 nitrogen and oxygen atoms in total. The number of aromatic nitrogens is 2. The van der Waals surface area contributed by atoms with E-state index in [1.165, 1.54) is 11.1 Å². The molecule has 2 aromatic rings. The van der Waals surface area contributed by atoms with Crippen molar-refractivity contribution in [2.75, 3.05) is 6.54 Å². The lowest BCUT2D eigenvalue weighted by Crippen LogP contribution is -2.32. The third kappa shape index (κ3) is 3.77. The van der Waals surface area contributed by atoms with Gasteiger partial charge < -0.3 is 5.32 Å². The maximum Gasteiger partial charge on any atom is 0.435 e. The van der Waals surface area contributed by atoms with Gasteiger partial charge in [-0.15, -0.1) is 0 Å². The number of amides is 1. The average molecular weight is 337 g/mol. The second-order valence-corrected chi connectivity index (χ2v) is 5.99. The van der Waals surface area contributed by atoms with Crippen LogP contribution < -0.4 is 5.32 Å².